The SMILES string of the molecule is C=CC1=C(\C=C)C/C=C/c2ccccc2/C=C\1. The molecule has 0 amide bonds. The van der Waals surface area contributed by atoms with E-state index >= 15 is 0 Å². The predicted octanol–water partition coefficient (Wildman–Crippen LogP) is 4.79. The number of hydrogen-bond donors (Lipinski definition) is 0. The van der Waals surface area contributed by atoms with Crippen LogP contribution in [0.15, 0.2) is 72.9 Å². The molecule has 0 saturated heterocycles. The third-order valence-electron chi connectivity index (χ3n) is 2.91. The summed E-state index contributed by atoms with van der Waals surface area (Å²) >= 11 is 0. The smallest absolute Gasteiger partial charge is 0.00884 e. The van der Waals surface area contributed by atoms with Gasteiger partial charge < -0.3 is 0 Å². The van der Waals surface area contributed by atoms with Gasteiger partial charge in [0.25, 0.3) is 0 Å². The van der Waals surface area contributed by atoms with Gasteiger partial charge in [0.2, 0.25) is 0 Å². The van der Waals surface area contributed by atoms with E-state index in [0.717, 1.165) is 12.0 Å². The molecule has 0 atom stereocenters. The van der Waals surface area contributed by atoms with Gasteiger partial charge in [0.15, 0.2) is 0 Å². The number of benzene rings is 1. The third-order valence-corrected chi connectivity index (χ3v) is 2.91. The lowest BCUT2D eigenvalue weighted by atomic mass is 10.0. The number of allylic oxidation sites excluding steroid dienone is 6. The molecular weight excluding hydrogens is 204 g/mol. The van der Waals surface area contributed by atoms with E-state index in [1.54, 1.807) is 0 Å². The Morgan fingerprint density at radius 3 is 2.24 bits per heavy atom. The highest BCUT2D eigenvalue weighted by molar-refractivity contribution is 5.68. The van der Waals surface area contributed by atoms with Crippen molar-refractivity contribution in [3.05, 3.63) is 84.0 Å². The summed E-state index contributed by atoms with van der Waals surface area (Å²) in [7, 11) is 0. The molecule has 0 fully saturated rings. The van der Waals surface area contributed by atoms with Crippen LogP contribution in [0.3, 0.4) is 0 Å². The zero-order valence-electron chi connectivity index (χ0n) is 9.89. The molecule has 1 aromatic rings. The van der Waals surface area contributed by atoms with Crippen LogP contribution in [0.1, 0.15) is 17.5 Å². The number of hydrogen-bond acceptors (Lipinski definition) is 0. The predicted molar refractivity (Wildman–Crippen MR) is 76.5 cm³/mol. The third kappa shape index (κ3) is 2.54. The Labute approximate surface area is 103 Å². The topological polar surface area (TPSA) is 0 Å². The lowest BCUT2D eigenvalue weighted by Crippen LogP contribution is -1.81. The molecule has 0 bridgehead atoms. The van der Waals surface area contributed by atoms with Gasteiger partial charge in [-0.3, -0.25) is 0 Å². The minimum absolute atomic E-state index is 0.892. The van der Waals surface area contributed by atoms with Crippen LogP contribution in [0.25, 0.3) is 12.2 Å². The Morgan fingerprint density at radius 2 is 1.59 bits per heavy atom. The fourth-order valence-corrected chi connectivity index (χ4v) is 1.93. The second-order valence-corrected chi connectivity index (χ2v) is 3.96. The monoisotopic (exact) mass is 220 g/mol. The first-order valence-corrected chi connectivity index (χ1v) is 5.77. The minimum atomic E-state index is 0.892. The maximum absolute atomic E-state index is 3.86. The summed E-state index contributed by atoms with van der Waals surface area (Å²) in [5.74, 6) is 0. The lowest BCUT2D eigenvalue weighted by Gasteiger charge is -2.01. The van der Waals surface area contributed by atoms with Crippen molar-refractivity contribution in [2.75, 3.05) is 0 Å². The number of rotatable bonds is 2. The van der Waals surface area contributed by atoms with Crippen molar-refractivity contribution in [1.82, 2.24) is 0 Å². The Kier molecular flexibility index (Phi) is 3.56. The van der Waals surface area contributed by atoms with Gasteiger partial charge in [0.05, 0.1) is 0 Å². The Bertz CT molecular complexity index is 525. The molecule has 0 unspecified atom stereocenters. The molecule has 0 N–H and O–H groups in total. The van der Waals surface area contributed by atoms with E-state index in [2.05, 4.69) is 61.7 Å². The summed E-state index contributed by atoms with van der Waals surface area (Å²) in [6.07, 6.45) is 13.3. The minimum Gasteiger partial charge on any atom is -0.0988 e. The van der Waals surface area contributed by atoms with Gasteiger partial charge in [0, 0.05) is 0 Å². The molecule has 1 aromatic carbocycles. The van der Waals surface area contributed by atoms with Crippen molar-refractivity contribution in [1.29, 1.82) is 0 Å². The average Bonchev–Trinajstić information content (AvgIpc) is 2.46. The van der Waals surface area contributed by atoms with Crippen molar-refractivity contribution < 1.29 is 0 Å². The van der Waals surface area contributed by atoms with Crippen LogP contribution >= 0.6 is 0 Å². The van der Waals surface area contributed by atoms with Crippen molar-refractivity contribution in [2.24, 2.45) is 0 Å². The maximum Gasteiger partial charge on any atom is -0.00884 e. The summed E-state index contributed by atoms with van der Waals surface area (Å²) in [6.45, 7) is 7.72. The molecule has 0 heterocycles. The summed E-state index contributed by atoms with van der Waals surface area (Å²) in [6, 6.07) is 8.37. The standard InChI is InChI=1S/C17H16/c1-3-14-10-7-11-16-8-5-6-9-17(16)13-12-15(14)4-2/h3-9,11-13H,1-2,10H2/b11-7+,13-12-,15-14-. The quantitative estimate of drug-likeness (QED) is 0.672. The molecule has 0 spiro atoms. The van der Waals surface area contributed by atoms with E-state index in [1.165, 1.54) is 16.7 Å². The van der Waals surface area contributed by atoms with Crippen LogP contribution in [-0.2, 0) is 0 Å². The summed E-state index contributed by atoms with van der Waals surface area (Å²) < 4.78 is 0. The van der Waals surface area contributed by atoms with Crippen molar-refractivity contribution >= 4 is 12.2 Å². The first kappa shape index (κ1) is 11.4. The fourth-order valence-electron chi connectivity index (χ4n) is 1.93. The first-order valence-electron chi connectivity index (χ1n) is 5.77. The van der Waals surface area contributed by atoms with Gasteiger partial charge >= 0.3 is 0 Å². The Hall–Kier alpha value is -2.08. The maximum atomic E-state index is 3.86. The molecule has 1 aliphatic rings. The summed E-state index contributed by atoms with van der Waals surface area (Å²) in [5, 5.41) is 0. The van der Waals surface area contributed by atoms with Gasteiger partial charge in [0.1, 0.15) is 0 Å². The second kappa shape index (κ2) is 5.31. The second-order valence-electron chi connectivity index (χ2n) is 3.96. The number of fused-ring (bicyclic) bond motifs is 1. The van der Waals surface area contributed by atoms with E-state index in [-0.39, 0.29) is 0 Å². The normalized spacial score (nSPS) is 22.6. The van der Waals surface area contributed by atoms with E-state index in [4.69, 9.17) is 0 Å². The van der Waals surface area contributed by atoms with Gasteiger partial charge in [-0.2, -0.15) is 0 Å². The van der Waals surface area contributed by atoms with E-state index in [0.29, 0.717) is 0 Å². The van der Waals surface area contributed by atoms with Crippen LogP contribution in [0.4, 0.5) is 0 Å². The molecule has 0 saturated carbocycles. The van der Waals surface area contributed by atoms with Gasteiger partial charge in [-0.05, 0) is 28.7 Å². The molecule has 17 heavy (non-hydrogen) atoms. The Balaban J connectivity index is 2.52. The molecule has 1 aliphatic carbocycles. The highest BCUT2D eigenvalue weighted by Gasteiger charge is 2.00. The summed E-state index contributed by atoms with van der Waals surface area (Å²) in [4.78, 5) is 0. The van der Waals surface area contributed by atoms with Gasteiger partial charge in [-0.1, -0.05) is 73.9 Å². The summed E-state index contributed by atoms with van der Waals surface area (Å²) in [5.41, 5.74) is 4.83. The van der Waals surface area contributed by atoms with Crippen molar-refractivity contribution in [2.45, 2.75) is 6.42 Å². The zero-order chi connectivity index (χ0) is 12.1. The van der Waals surface area contributed by atoms with Crippen LogP contribution in [0.5, 0.6) is 0 Å². The van der Waals surface area contributed by atoms with E-state index in [1.807, 2.05) is 12.2 Å². The van der Waals surface area contributed by atoms with Crippen LogP contribution in [0.2, 0.25) is 0 Å². The lowest BCUT2D eigenvalue weighted by molar-refractivity contribution is 1.27. The van der Waals surface area contributed by atoms with E-state index in [9.17, 15) is 0 Å². The highest BCUT2D eigenvalue weighted by Crippen LogP contribution is 2.21. The molecule has 0 nitrogen and oxygen atoms in total. The fraction of sp³-hybridized carbons (Fsp3) is 0.0588. The molecule has 2 rings (SSSR count). The van der Waals surface area contributed by atoms with Gasteiger partial charge in [-0.15, -0.1) is 0 Å². The average molecular weight is 220 g/mol. The van der Waals surface area contributed by atoms with Crippen LogP contribution < -0.4 is 0 Å². The van der Waals surface area contributed by atoms with Gasteiger partial charge in [-0.25, -0.2) is 0 Å². The van der Waals surface area contributed by atoms with E-state index < -0.39 is 0 Å². The zero-order valence-corrected chi connectivity index (χ0v) is 9.89. The largest absolute Gasteiger partial charge is 0.0988 e. The molecular formula is C17H16. The van der Waals surface area contributed by atoms with Crippen molar-refractivity contribution in [3.8, 4) is 0 Å². The molecule has 0 aromatic heterocycles. The van der Waals surface area contributed by atoms with Crippen LogP contribution in [0, 0.1) is 0 Å². The molecule has 0 heteroatoms. The first-order chi connectivity index (χ1) is 8.35. The van der Waals surface area contributed by atoms with Crippen molar-refractivity contribution in [3.63, 3.8) is 0 Å². The molecule has 0 aliphatic heterocycles. The Morgan fingerprint density at radius 1 is 0.882 bits per heavy atom. The highest BCUT2D eigenvalue weighted by atomic mass is 14.1. The van der Waals surface area contributed by atoms with Crippen LogP contribution in [-0.4, -0.2) is 0 Å². The molecule has 84 valence electrons. The molecule has 0 radical (unpaired) electrons.